The molecule has 0 amide bonds. The Morgan fingerprint density at radius 2 is 0.667 bits per heavy atom. The zero-order valence-electron chi connectivity index (χ0n) is 13.3. The van der Waals surface area contributed by atoms with E-state index in [4.69, 9.17) is 0 Å². The average molecular weight is 218 g/mol. The van der Waals surface area contributed by atoms with Crippen molar-refractivity contribution in [3.05, 3.63) is 0 Å². The predicted octanol–water partition coefficient (Wildman–Crippen LogP) is 6.55. The van der Waals surface area contributed by atoms with E-state index in [9.17, 15) is 0 Å². The molecule has 0 bridgehead atoms. The van der Waals surface area contributed by atoms with Gasteiger partial charge in [0.2, 0.25) is 0 Å². The third-order valence-corrected chi connectivity index (χ3v) is 1.63. The Labute approximate surface area is 101 Å². The van der Waals surface area contributed by atoms with E-state index in [0.29, 0.717) is 0 Å². The standard InChI is InChI=1S/2C5H12.C3H8.C2H6/c2*1-4-5(2)3;1-3-2;1-2/h2*5H,4H2,1-3H3;3H2,1-2H3;1-2H3. The molecule has 0 fully saturated rings. The van der Waals surface area contributed by atoms with Crippen LogP contribution in [0.15, 0.2) is 0 Å². The van der Waals surface area contributed by atoms with Crippen LogP contribution in [0.1, 0.15) is 88.5 Å². The highest BCUT2D eigenvalue weighted by atomic mass is 13.9. The van der Waals surface area contributed by atoms with Crippen LogP contribution in [-0.4, -0.2) is 0 Å². The average Bonchev–Trinajstić information content (AvgIpc) is 2.22. The van der Waals surface area contributed by atoms with E-state index in [-0.39, 0.29) is 0 Å². The minimum absolute atomic E-state index is 0.884. The molecule has 0 N–H and O–H groups in total. The monoisotopic (exact) mass is 218 g/mol. The first kappa shape index (κ1) is 24.3. The van der Waals surface area contributed by atoms with Gasteiger partial charge < -0.3 is 0 Å². The molecule has 0 aromatic carbocycles. The first-order valence-corrected chi connectivity index (χ1v) is 6.95. The largest absolute Gasteiger partial charge is 0.0683 e. The summed E-state index contributed by atoms with van der Waals surface area (Å²) >= 11 is 0. The van der Waals surface area contributed by atoms with E-state index in [2.05, 4.69) is 55.4 Å². The Morgan fingerprint density at radius 1 is 0.600 bits per heavy atom. The molecule has 0 aliphatic rings. The van der Waals surface area contributed by atoms with Crippen LogP contribution in [0.3, 0.4) is 0 Å². The third kappa shape index (κ3) is 126. The lowest BCUT2D eigenvalue weighted by Gasteiger charge is -1.90. The normalized spacial score (nSPS) is 8.00. The van der Waals surface area contributed by atoms with Gasteiger partial charge in [0.1, 0.15) is 0 Å². The van der Waals surface area contributed by atoms with Gasteiger partial charge in [0.05, 0.1) is 0 Å². The second kappa shape index (κ2) is 29.2. The van der Waals surface area contributed by atoms with E-state index in [1.165, 1.54) is 19.3 Å². The van der Waals surface area contributed by atoms with Gasteiger partial charge in [-0.15, -0.1) is 0 Å². The van der Waals surface area contributed by atoms with E-state index in [1.807, 2.05) is 13.8 Å². The van der Waals surface area contributed by atoms with Gasteiger partial charge in [-0.2, -0.15) is 0 Å². The predicted molar refractivity (Wildman–Crippen MR) is 77.6 cm³/mol. The highest BCUT2D eigenvalue weighted by molar-refractivity contribution is 4.33. The number of hydrogen-bond acceptors (Lipinski definition) is 0. The zero-order chi connectivity index (χ0) is 13.3. The molecule has 98 valence electrons. The molecule has 0 aromatic rings. The fraction of sp³-hybridized carbons (Fsp3) is 1.00. The number of rotatable bonds is 2. The lowest BCUT2D eigenvalue weighted by molar-refractivity contribution is 0.626. The Kier molecular flexibility index (Phi) is 47.3. The Morgan fingerprint density at radius 3 is 0.667 bits per heavy atom. The van der Waals surface area contributed by atoms with Crippen molar-refractivity contribution in [1.82, 2.24) is 0 Å². The van der Waals surface area contributed by atoms with E-state index in [0.717, 1.165) is 11.8 Å². The number of hydrogen-bond donors (Lipinski definition) is 0. The summed E-state index contributed by atoms with van der Waals surface area (Å²) in [6.45, 7) is 21.5. The fourth-order valence-electron chi connectivity index (χ4n) is 0. The molecule has 0 rings (SSSR count). The van der Waals surface area contributed by atoms with Crippen molar-refractivity contribution < 1.29 is 0 Å². The minimum Gasteiger partial charge on any atom is -0.0683 e. The van der Waals surface area contributed by atoms with Crippen LogP contribution in [-0.2, 0) is 0 Å². The van der Waals surface area contributed by atoms with Crippen LogP contribution in [0.5, 0.6) is 0 Å². The van der Waals surface area contributed by atoms with Gasteiger partial charge >= 0.3 is 0 Å². The molecule has 0 aliphatic carbocycles. The molecule has 0 nitrogen and oxygen atoms in total. The quantitative estimate of drug-likeness (QED) is 0.493. The Hall–Kier alpha value is 0. The molecule has 0 aliphatic heterocycles. The molecule has 0 heterocycles. The summed E-state index contributed by atoms with van der Waals surface area (Å²) in [6, 6.07) is 0. The van der Waals surface area contributed by atoms with Crippen LogP contribution < -0.4 is 0 Å². The van der Waals surface area contributed by atoms with Crippen molar-refractivity contribution in [3.8, 4) is 0 Å². The van der Waals surface area contributed by atoms with Crippen molar-refractivity contribution in [2.24, 2.45) is 11.8 Å². The summed E-state index contributed by atoms with van der Waals surface area (Å²) < 4.78 is 0. The summed E-state index contributed by atoms with van der Waals surface area (Å²) in [7, 11) is 0. The molecule has 0 saturated carbocycles. The molecular formula is C15H38. The lowest BCUT2D eigenvalue weighted by atomic mass is 10.2. The lowest BCUT2D eigenvalue weighted by Crippen LogP contribution is -1.77. The second-order valence-corrected chi connectivity index (χ2v) is 4.31. The Balaban J connectivity index is -0.0000000574. The highest BCUT2D eigenvalue weighted by Gasteiger charge is 1.80. The first-order valence-electron chi connectivity index (χ1n) is 6.95. The van der Waals surface area contributed by atoms with Gasteiger partial charge in [-0.3, -0.25) is 0 Å². The van der Waals surface area contributed by atoms with E-state index in [1.54, 1.807) is 0 Å². The fourth-order valence-corrected chi connectivity index (χ4v) is 0. The van der Waals surface area contributed by atoms with Gasteiger partial charge in [-0.05, 0) is 11.8 Å². The smallest absolute Gasteiger partial charge is 0.0474 e. The van der Waals surface area contributed by atoms with Crippen molar-refractivity contribution in [2.75, 3.05) is 0 Å². The molecular weight excluding hydrogens is 180 g/mol. The van der Waals surface area contributed by atoms with Gasteiger partial charge in [0, 0.05) is 0 Å². The molecule has 15 heavy (non-hydrogen) atoms. The molecule has 0 unspecified atom stereocenters. The van der Waals surface area contributed by atoms with Crippen molar-refractivity contribution in [2.45, 2.75) is 88.5 Å². The van der Waals surface area contributed by atoms with Crippen molar-refractivity contribution in [1.29, 1.82) is 0 Å². The maximum atomic E-state index is 2.22. The van der Waals surface area contributed by atoms with Gasteiger partial charge in [0.15, 0.2) is 0 Å². The van der Waals surface area contributed by atoms with Crippen LogP contribution in [0, 0.1) is 11.8 Å². The molecule has 0 spiro atoms. The van der Waals surface area contributed by atoms with Crippen molar-refractivity contribution >= 4 is 0 Å². The van der Waals surface area contributed by atoms with Crippen LogP contribution in [0.2, 0.25) is 0 Å². The van der Waals surface area contributed by atoms with Crippen LogP contribution in [0.4, 0.5) is 0 Å². The van der Waals surface area contributed by atoms with Gasteiger partial charge in [-0.1, -0.05) is 88.5 Å². The summed E-state index contributed by atoms with van der Waals surface area (Å²) in [5, 5.41) is 0. The van der Waals surface area contributed by atoms with Crippen molar-refractivity contribution in [3.63, 3.8) is 0 Å². The van der Waals surface area contributed by atoms with E-state index < -0.39 is 0 Å². The molecule has 0 saturated heterocycles. The molecule has 0 aromatic heterocycles. The maximum Gasteiger partial charge on any atom is -0.0474 e. The van der Waals surface area contributed by atoms with Gasteiger partial charge in [0.25, 0.3) is 0 Å². The highest BCUT2D eigenvalue weighted by Crippen LogP contribution is 1.94. The summed E-state index contributed by atoms with van der Waals surface area (Å²) in [5.74, 6) is 1.77. The molecule has 0 heteroatoms. The maximum absolute atomic E-state index is 2.22. The second-order valence-electron chi connectivity index (χ2n) is 4.31. The van der Waals surface area contributed by atoms with Crippen LogP contribution in [0.25, 0.3) is 0 Å². The molecule has 0 radical (unpaired) electrons. The Bertz CT molecular complexity index is 45.1. The zero-order valence-corrected chi connectivity index (χ0v) is 13.3. The summed E-state index contributed by atoms with van der Waals surface area (Å²) in [6.07, 6.45) is 3.86. The van der Waals surface area contributed by atoms with Crippen LogP contribution >= 0.6 is 0 Å². The topological polar surface area (TPSA) is 0 Å². The third-order valence-electron chi connectivity index (χ3n) is 1.63. The summed E-state index contributed by atoms with van der Waals surface area (Å²) in [4.78, 5) is 0. The summed E-state index contributed by atoms with van der Waals surface area (Å²) in [5.41, 5.74) is 0. The van der Waals surface area contributed by atoms with Gasteiger partial charge in [-0.25, -0.2) is 0 Å². The first-order chi connectivity index (χ1) is 6.95. The van der Waals surface area contributed by atoms with E-state index >= 15 is 0 Å². The molecule has 0 atom stereocenters. The minimum atomic E-state index is 0.884. The SMILES string of the molecule is CC.CCC.CCC(C)C.CCC(C)C.